The fourth-order valence-electron chi connectivity index (χ4n) is 1.09. The van der Waals surface area contributed by atoms with Crippen LogP contribution in [0, 0.1) is 0 Å². The molecule has 0 radical (unpaired) electrons. The van der Waals surface area contributed by atoms with Crippen LogP contribution in [0.5, 0.6) is 0 Å². The highest BCUT2D eigenvalue weighted by Crippen LogP contribution is 2.25. The molecule has 0 N–H and O–H groups in total. The lowest BCUT2D eigenvalue weighted by molar-refractivity contribution is 0.871. The van der Waals surface area contributed by atoms with Crippen molar-refractivity contribution in [2.24, 2.45) is 0 Å². The SMILES string of the molecule is CCCSCc1cc(C(C)C)cs1. The smallest absolute Gasteiger partial charge is 0.0279 e. The molecule has 0 aliphatic rings. The molecule has 0 aliphatic carbocycles. The molecule has 0 saturated carbocycles. The highest BCUT2D eigenvalue weighted by atomic mass is 32.2. The van der Waals surface area contributed by atoms with Gasteiger partial charge in [0.25, 0.3) is 0 Å². The van der Waals surface area contributed by atoms with Gasteiger partial charge in [0.1, 0.15) is 0 Å². The summed E-state index contributed by atoms with van der Waals surface area (Å²) in [5.41, 5.74) is 1.50. The third kappa shape index (κ3) is 3.74. The van der Waals surface area contributed by atoms with E-state index in [0.29, 0.717) is 5.92 Å². The molecule has 1 aromatic heterocycles. The standard InChI is InChI=1S/C11H18S2/c1-4-5-12-8-11-6-10(7-13-11)9(2)3/h6-7,9H,4-5,8H2,1-3H3. The van der Waals surface area contributed by atoms with Crippen LogP contribution in [-0.4, -0.2) is 5.75 Å². The first-order valence-electron chi connectivity index (χ1n) is 4.89. The van der Waals surface area contributed by atoms with Gasteiger partial charge in [0, 0.05) is 10.6 Å². The third-order valence-corrected chi connectivity index (χ3v) is 4.28. The first kappa shape index (κ1) is 11.1. The Balaban J connectivity index is 2.40. The number of thiophene rings is 1. The van der Waals surface area contributed by atoms with Crippen LogP contribution in [-0.2, 0) is 5.75 Å². The first-order chi connectivity index (χ1) is 6.24. The molecule has 74 valence electrons. The summed E-state index contributed by atoms with van der Waals surface area (Å²) in [6.07, 6.45) is 1.28. The van der Waals surface area contributed by atoms with E-state index in [4.69, 9.17) is 0 Å². The highest BCUT2D eigenvalue weighted by molar-refractivity contribution is 7.98. The minimum Gasteiger partial charge on any atom is -0.156 e. The summed E-state index contributed by atoms with van der Waals surface area (Å²) < 4.78 is 0. The van der Waals surface area contributed by atoms with Crippen molar-refractivity contribution in [2.75, 3.05) is 5.75 Å². The Hall–Kier alpha value is 0.0500. The van der Waals surface area contributed by atoms with Gasteiger partial charge in [-0.05, 0) is 35.1 Å². The van der Waals surface area contributed by atoms with Crippen LogP contribution in [0.25, 0.3) is 0 Å². The molecule has 0 saturated heterocycles. The summed E-state index contributed by atoms with van der Waals surface area (Å²) in [4.78, 5) is 1.53. The van der Waals surface area contributed by atoms with Gasteiger partial charge in [0.05, 0.1) is 0 Å². The van der Waals surface area contributed by atoms with E-state index >= 15 is 0 Å². The molecule has 1 rings (SSSR count). The number of rotatable bonds is 5. The molecule has 0 amide bonds. The molecule has 0 spiro atoms. The molecule has 0 atom stereocenters. The predicted octanol–water partition coefficient (Wildman–Crippen LogP) is 4.51. The average Bonchev–Trinajstić information content (AvgIpc) is 2.53. The Kier molecular flexibility index (Phi) is 4.89. The molecule has 0 nitrogen and oxygen atoms in total. The summed E-state index contributed by atoms with van der Waals surface area (Å²) in [6, 6.07) is 2.36. The minimum absolute atomic E-state index is 0.682. The van der Waals surface area contributed by atoms with E-state index in [1.54, 1.807) is 0 Å². The fraction of sp³-hybridized carbons (Fsp3) is 0.636. The van der Waals surface area contributed by atoms with Gasteiger partial charge in [0.2, 0.25) is 0 Å². The molecule has 0 aliphatic heterocycles. The third-order valence-electron chi connectivity index (χ3n) is 1.93. The Morgan fingerprint density at radius 3 is 2.77 bits per heavy atom. The van der Waals surface area contributed by atoms with Crippen LogP contribution in [0.15, 0.2) is 11.4 Å². The van der Waals surface area contributed by atoms with Crippen LogP contribution in [0.3, 0.4) is 0 Å². The second-order valence-corrected chi connectivity index (χ2v) is 5.65. The van der Waals surface area contributed by atoms with Crippen molar-refractivity contribution in [3.63, 3.8) is 0 Å². The molecule has 1 heterocycles. The van der Waals surface area contributed by atoms with Crippen LogP contribution in [0.1, 0.15) is 43.6 Å². The Labute approximate surface area is 89.7 Å². The Bertz CT molecular complexity index is 238. The van der Waals surface area contributed by atoms with E-state index in [1.165, 1.54) is 28.4 Å². The topological polar surface area (TPSA) is 0 Å². The van der Waals surface area contributed by atoms with Gasteiger partial charge >= 0.3 is 0 Å². The lowest BCUT2D eigenvalue weighted by Crippen LogP contribution is -1.81. The van der Waals surface area contributed by atoms with Gasteiger partial charge in [-0.1, -0.05) is 20.8 Å². The van der Waals surface area contributed by atoms with Gasteiger partial charge in [0.15, 0.2) is 0 Å². The zero-order valence-electron chi connectivity index (χ0n) is 8.67. The second kappa shape index (κ2) is 5.71. The molecule has 0 aromatic carbocycles. The lowest BCUT2D eigenvalue weighted by Gasteiger charge is -1.98. The van der Waals surface area contributed by atoms with E-state index in [9.17, 15) is 0 Å². The van der Waals surface area contributed by atoms with E-state index in [-0.39, 0.29) is 0 Å². The second-order valence-electron chi connectivity index (χ2n) is 3.55. The van der Waals surface area contributed by atoms with Crippen molar-refractivity contribution in [1.82, 2.24) is 0 Å². The number of hydrogen-bond donors (Lipinski definition) is 0. The van der Waals surface area contributed by atoms with E-state index in [0.717, 1.165) is 0 Å². The maximum Gasteiger partial charge on any atom is 0.0279 e. The minimum atomic E-state index is 0.682. The van der Waals surface area contributed by atoms with Gasteiger partial charge in [-0.15, -0.1) is 11.3 Å². The molecule has 2 heteroatoms. The van der Waals surface area contributed by atoms with Crippen LogP contribution in [0.4, 0.5) is 0 Å². The molecule has 13 heavy (non-hydrogen) atoms. The van der Waals surface area contributed by atoms with Crippen LogP contribution >= 0.6 is 23.1 Å². The monoisotopic (exact) mass is 214 g/mol. The fourth-order valence-corrected chi connectivity index (χ4v) is 3.16. The summed E-state index contributed by atoms with van der Waals surface area (Å²) in [5, 5.41) is 2.30. The van der Waals surface area contributed by atoms with Crippen molar-refractivity contribution in [3.8, 4) is 0 Å². The van der Waals surface area contributed by atoms with Crippen molar-refractivity contribution < 1.29 is 0 Å². The van der Waals surface area contributed by atoms with Gasteiger partial charge in [-0.3, -0.25) is 0 Å². The summed E-state index contributed by atoms with van der Waals surface area (Å²) in [6.45, 7) is 6.75. The predicted molar refractivity (Wildman–Crippen MR) is 64.9 cm³/mol. The van der Waals surface area contributed by atoms with E-state index in [1.807, 2.05) is 23.1 Å². The number of thioether (sulfide) groups is 1. The molecular formula is C11H18S2. The van der Waals surface area contributed by atoms with Crippen molar-refractivity contribution in [3.05, 3.63) is 21.9 Å². The summed E-state index contributed by atoms with van der Waals surface area (Å²) in [7, 11) is 0. The number of hydrogen-bond acceptors (Lipinski definition) is 2. The van der Waals surface area contributed by atoms with Gasteiger partial charge in [-0.2, -0.15) is 11.8 Å². The normalized spacial score (nSPS) is 11.1. The molecule has 0 fully saturated rings. The summed E-state index contributed by atoms with van der Waals surface area (Å²) >= 11 is 3.95. The summed E-state index contributed by atoms with van der Waals surface area (Å²) in [5.74, 6) is 3.17. The highest BCUT2D eigenvalue weighted by Gasteiger charge is 2.02. The Morgan fingerprint density at radius 2 is 2.23 bits per heavy atom. The Morgan fingerprint density at radius 1 is 1.46 bits per heavy atom. The average molecular weight is 214 g/mol. The van der Waals surface area contributed by atoms with Crippen molar-refractivity contribution >= 4 is 23.1 Å². The quantitative estimate of drug-likeness (QED) is 0.650. The van der Waals surface area contributed by atoms with E-state index < -0.39 is 0 Å². The van der Waals surface area contributed by atoms with Crippen LogP contribution < -0.4 is 0 Å². The van der Waals surface area contributed by atoms with Gasteiger partial charge < -0.3 is 0 Å². The molecule has 0 bridgehead atoms. The molecular weight excluding hydrogens is 196 g/mol. The largest absolute Gasteiger partial charge is 0.156 e. The maximum atomic E-state index is 2.36. The zero-order valence-corrected chi connectivity index (χ0v) is 10.3. The first-order valence-corrected chi connectivity index (χ1v) is 6.92. The van der Waals surface area contributed by atoms with E-state index in [2.05, 4.69) is 32.2 Å². The zero-order chi connectivity index (χ0) is 9.68. The van der Waals surface area contributed by atoms with Gasteiger partial charge in [-0.25, -0.2) is 0 Å². The lowest BCUT2D eigenvalue weighted by atomic mass is 10.1. The maximum absolute atomic E-state index is 2.36. The molecule has 0 unspecified atom stereocenters. The van der Waals surface area contributed by atoms with Crippen LogP contribution in [0.2, 0.25) is 0 Å². The molecule has 1 aromatic rings. The van der Waals surface area contributed by atoms with Crippen molar-refractivity contribution in [2.45, 2.75) is 38.9 Å². The van der Waals surface area contributed by atoms with Crippen molar-refractivity contribution in [1.29, 1.82) is 0 Å².